The van der Waals surface area contributed by atoms with Crippen molar-refractivity contribution in [2.75, 3.05) is 39.6 Å². The van der Waals surface area contributed by atoms with Gasteiger partial charge in [-0.05, 0) is 10.6 Å². The van der Waals surface area contributed by atoms with E-state index in [4.69, 9.17) is 11.8 Å². The first-order chi connectivity index (χ1) is 14.7. The van der Waals surface area contributed by atoms with Gasteiger partial charge in [-0.3, -0.25) is 5.92 Å². The molecule has 6 heteroatoms. The minimum absolute atomic E-state index is 0. The van der Waals surface area contributed by atoms with Gasteiger partial charge in [-0.2, -0.15) is 30.3 Å². The zero-order valence-electron chi connectivity index (χ0n) is 17.3. The Balaban J connectivity index is 0.000000175. The molecule has 1 radical (unpaired) electrons. The fourth-order valence-corrected chi connectivity index (χ4v) is 8.33. The molecule has 3 aromatic rings. The molecule has 0 aromatic heterocycles. The van der Waals surface area contributed by atoms with Crippen LogP contribution in [0.1, 0.15) is 0 Å². The zero-order chi connectivity index (χ0) is 20.4. The predicted octanol–water partition coefficient (Wildman–Crippen LogP) is 2.62. The van der Waals surface area contributed by atoms with Crippen molar-refractivity contribution >= 4 is 33.8 Å². The van der Waals surface area contributed by atoms with E-state index in [2.05, 4.69) is 75.4 Å². The molecular weight excluding hydrogens is 602 g/mol. The fraction of sp³-hybridized carbons (Fsp3) is 0.240. The van der Waals surface area contributed by atoms with Gasteiger partial charge in [-0.15, -0.1) is 24.9 Å². The normalized spacial score (nSPS) is 24.1. The molecule has 0 atom stereocenters. The molecule has 0 saturated carbocycles. The molecule has 4 aliphatic rings. The molecular formula is C25H26AuN3PS-2. The van der Waals surface area contributed by atoms with E-state index >= 15 is 0 Å². The van der Waals surface area contributed by atoms with Crippen molar-refractivity contribution < 1.29 is 22.4 Å². The molecule has 0 aliphatic carbocycles. The molecule has 0 amide bonds. The van der Waals surface area contributed by atoms with E-state index in [1.807, 2.05) is 30.3 Å². The van der Waals surface area contributed by atoms with Crippen LogP contribution in [-0.4, -0.2) is 54.3 Å². The Kier molecular flexibility index (Phi) is 7.64. The maximum Gasteiger partial charge on any atom is 0.0478 e. The number of benzene rings is 3. The Labute approximate surface area is 206 Å². The van der Waals surface area contributed by atoms with E-state index in [0.29, 0.717) is 0 Å². The van der Waals surface area contributed by atoms with Crippen molar-refractivity contribution in [3.63, 3.8) is 0 Å². The molecule has 4 saturated heterocycles. The summed E-state index contributed by atoms with van der Waals surface area (Å²) >= 11 is 6.18. The fourth-order valence-electron chi connectivity index (χ4n) is 4.66. The van der Waals surface area contributed by atoms with Crippen molar-refractivity contribution in [2.24, 2.45) is 0 Å². The average Bonchev–Trinajstić information content (AvgIpc) is 2.80. The number of hydrogen-bond acceptors (Lipinski definition) is 4. The summed E-state index contributed by atoms with van der Waals surface area (Å²) in [5.74, 6) is 1.71. The molecule has 3 nitrogen and oxygen atoms in total. The van der Waals surface area contributed by atoms with E-state index in [1.165, 1.54) is 50.2 Å². The van der Waals surface area contributed by atoms with Crippen molar-refractivity contribution in [1.82, 2.24) is 14.7 Å². The summed E-state index contributed by atoms with van der Waals surface area (Å²) in [6.45, 7) is 7.44. The Morgan fingerprint density at radius 1 is 0.677 bits per heavy atom. The van der Waals surface area contributed by atoms with Crippen LogP contribution in [0.15, 0.2) is 84.9 Å². The van der Waals surface area contributed by atoms with Crippen LogP contribution in [0.3, 0.4) is 0 Å². The maximum atomic E-state index is 6.18. The SMILES string of the molecule is C1[C-]2CN3CN1CN(C2)C3.S=P(c1[c-]cccc1)(c1ccccc1)c1ccccc1.[Au]. The monoisotopic (exact) mass is 628 g/mol. The van der Waals surface area contributed by atoms with Gasteiger partial charge in [0.05, 0.1) is 0 Å². The first-order valence-electron chi connectivity index (χ1n) is 10.4. The van der Waals surface area contributed by atoms with Crippen molar-refractivity contribution in [1.29, 1.82) is 0 Å². The molecule has 165 valence electrons. The standard InChI is InChI=1S/C18H14PS.C7H12N3.Au/c20-19(16-10-4-1-5-11-16,17-12-6-2-7-13-17)18-14-8-3-9-15-18;1-7-2-9-4-8(1)5-10(3-7)6-9;/h1-14H;1-6H2;/q2*-1;. The van der Waals surface area contributed by atoms with E-state index < -0.39 is 6.04 Å². The third-order valence-electron chi connectivity index (χ3n) is 5.81. The molecule has 4 bridgehead atoms. The van der Waals surface area contributed by atoms with Gasteiger partial charge in [0.2, 0.25) is 0 Å². The third-order valence-corrected chi connectivity index (χ3v) is 10.7. The summed E-state index contributed by atoms with van der Waals surface area (Å²) in [5, 5.41) is 3.54. The minimum Gasteiger partial charge on any atom is -0.307 e. The predicted molar refractivity (Wildman–Crippen MR) is 129 cm³/mol. The van der Waals surface area contributed by atoms with Crippen molar-refractivity contribution in [2.45, 2.75) is 0 Å². The molecule has 4 heterocycles. The van der Waals surface area contributed by atoms with Crippen molar-refractivity contribution in [3.8, 4) is 0 Å². The van der Waals surface area contributed by atoms with Gasteiger partial charge in [0, 0.05) is 48.4 Å². The molecule has 7 rings (SSSR count). The topological polar surface area (TPSA) is 9.72 Å². The number of nitrogens with zero attached hydrogens (tertiary/aromatic N) is 3. The molecule has 4 fully saturated rings. The Hall–Kier alpha value is -1.07. The molecule has 3 aromatic carbocycles. The van der Waals surface area contributed by atoms with Crippen LogP contribution in [0.2, 0.25) is 0 Å². The Bertz CT molecular complexity index is 857. The summed E-state index contributed by atoms with van der Waals surface area (Å²) in [6.07, 6.45) is 0. The summed E-state index contributed by atoms with van der Waals surface area (Å²) in [5.41, 5.74) is 0. The molecule has 0 N–H and O–H groups in total. The summed E-state index contributed by atoms with van der Waals surface area (Å²) < 4.78 is 0. The third kappa shape index (κ3) is 4.98. The van der Waals surface area contributed by atoms with Gasteiger partial charge in [-0.1, -0.05) is 72.5 Å². The van der Waals surface area contributed by atoms with Crippen LogP contribution in [0.25, 0.3) is 0 Å². The van der Waals surface area contributed by atoms with Crippen LogP contribution in [0.4, 0.5) is 0 Å². The van der Waals surface area contributed by atoms with Crippen LogP contribution < -0.4 is 15.9 Å². The number of rotatable bonds is 3. The van der Waals surface area contributed by atoms with E-state index in [1.54, 1.807) is 5.92 Å². The molecule has 4 aliphatic heterocycles. The van der Waals surface area contributed by atoms with Gasteiger partial charge in [-0.25, -0.2) is 0 Å². The van der Waals surface area contributed by atoms with Crippen LogP contribution in [0, 0.1) is 12.0 Å². The van der Waals surface area contributed by atoms with E-state index in [9.17, 15) is 0 Å². The second-order valence-electron chi connectivity index (χ2n) is 8.19. The summed E-state index contributed by atoms with van der Waals surface area (Å²) in [4.78, 5) is 7.52. The smallest absolute Gasteiger partial charge is 0.0478 e. The maximum absolute atomic E-state index is 6.18. The molecule has 31 heavy (non-hydrogen) atoms. The second kappa shape index (κ2) is 10.2. The van der Waals surface area contributed by atoms with Crippen LogP contribution in [-0.2, 0) is 34.2 Å². The quantitative estimate of drug-likeness (QED) is 0.251. The minimum atomic E-state index is -2.00. The Morgan fingerprint density at radius 2 is 1.13 bits per heavy atom. The summed E-state index contributed by atoms with van der Waals surface area (Å²) in [7, 11) is 0. The van der Waals surface area contributed by atoms with Crippen LogP contribution in [0.5, 0.6) is 0 Å². The average molecular weight is 629 g/mol. The van der Waals surface area contributed by atoms with Gasteiger partial charge < -0.3 is 14.7 Å². The van der Waals surface area contributed by atoms with Crippen LogP contribution >= 0.6 is 6.04 Å². The first kappa shape index (κ1) is 23.1. The zero-order valence-corrected chi connectivity index (χ0v) is 21.2. The first-order valence-corrected chi connectivity index (χ1v) is 13.2. The Morgan fingerprint density at radius 3 is 1.52 bits per heavy atom. The number of hydrogen-bond donors (Lipinski definition) is 0. The molecule has 0 unspecified atom stereocenters. The van der Waals surface area contributed by atoms with E-state index in [-0.39, 0.29) is 22.4 Å². The largest absolute Gasteiger partial charge is 0.307 e. The van der Waals surface area contributed by atoms with Gasteiger partial charge in [0.15, 0.2) is 0 Å². The van der Waals surface area contributed by atoms with E-state index in [0.717, 1.165) is 5.30 Å². The molecule has 0 spiro atoms. The van der Waals surface area contributed by atoms with Gasteiger partial charge in [0.1, 0.15) is 0 Å². The summed E-state index contributed by atoms with van der Waals surface area (Å²) in [6, 6.07) is 30.2. The van der Waals surface area contributed by atoms with Crippen molar-refractivity contribution in [3.05, 3.63) is 96.9 Å². The van der Waals surface area contributed by atoms with Gasteiger partial charge >= 0.3 is 0 Å². The van der Waals surface area contributed by atoms with Gasteiger partial charge in [0.25, 0.3) is 0 Å². The second-order valence-corrected chi connectivity index (χ2v) is 12.6.